The summed E-state index contributed by atoms with van der Waals surface area (Å²) in [6, 6.07) is 5.97. The number of anilines is 1. The number of amides is 1. The molecular formula is C16H26N4O. The van der Waals surface area contributed by atoms with Crippen molar-refractivity contribution in [3.63, 3.8) is 0 Å². The number of carbonyl (C=O) groups is 1. The smallest absolute Gasteiger partial charge is 0.267 e. The van der Waals surface area contributed by atoms with Crippen LogP contribution in [0.4, 0.5) is 5.69 Å². The van der Waals surface area contributed by atoms with Crippen molar-refractivity contribution in [2.75, 3.05) is 45.1 Å². The van der Waals surface area contributed by atoms with E-state index in [-0.39, 0.29) is 5.91 Å². The zero-order valence-electron chi connectivity index (χ0n) is 13.3. The number of hydrazine groups is 1. The lowest BCUT2D eigenvalue weighted by atomic mass is 10.1. The summed E-state index contributed by atoms with van der Waals surface area (Å²) in [7, 11) is 2.10. The van der Waals surface area contributed by atoms with Gasteiger partial charge >= 0.3 is 0 Å². The van der Waals surface area contributed by atoms with E-state index in [9.17, 15) is 4.79 Å². The molecule has 1 saturated heterocycles. The monoisotopic (exact) mass is 290 g/mol. The number of piperazine rings is 1. The lowest BCUT2D eigenvalue weighted by Crippen LogP contribution is -2.52. The Morgan fingerprint density at radius 1 is 1.24 bits per heavy atom. The third-order valence-corrected chi connectivity index (χ3v) is 3.75. The summed E-state index contributed by atoms with van der Waals surface area (Å²) in [6.45, 7) is 8.70. The molecule has 2 rings (SSSR count). The fourth-order valence-corrected chi connectivity index (χ4v) is 2.38. The Balaban J connectivity index is 2.05. The van der Waals surface area contributed by atoms with Crippen LogP contribution < -0.4 is 10.7 Å². The molecule has 0 radical (unpaired) electrons. The summed E-state index contributed by atoms with van der Waals surface area (Å²) in [5, 5.41) is 5.34. The summed E-state index contributed by atoms with van der Waals surface area (Å²) in [6.07, 6.45) is 1.04. The van der Waals surface area contributed by atoms with Crippen molar-refractivity contribution in [2.24, 2.45) is 0 Å². The van der Waals surface area contributed by atoms with Gasteiger partial charge in [0, 0.05) is 38.4 Å². The molecule has 116 valence electrons. The fraction of sp³-hybridized carbons (Fsp3) is 0.562. The summed E-state index contributed by atoms with van der Waals surface area (Å²) < 4.78 is 0. The SMILES string of the molecule is CCCNc1ccc(C)cc1C(=O)NN1CCN(C)CC1. The summed E-state index contributed by atoms with van der Waals surface area (Å²) in [5.41, 5.74) is 5.76. The van der Waals surface area contributed by atoms with E-state index in [2.05, 4.69) is 29.6 Å². The average Bonchev–Trinajstić information content (AvgIpc) is 2.48. The number of aryl methyl sites for hydroxylation is 1. The molecule has 0 spiro atoms. The number of nitrogens with zero attached hydrogens (tertiary/aromatic N) is 2. The van der Waals surface area contributed by atoms with Gasteiger partial charge in [0.25, 0.3) is 5.91 Å². The van der Waals surface area contributed by atoms with E-state index in [4.69, 9.17) is 0 Å². The van der Waals surface area contributed by atoms with Gasteiger partial charge in [0.05, 0.1) is 5.56 Å². The Morgan fingerprint density at radius 2 is 1.95 bits per heavy atom. The molecule has 0 aromatic heterocycles. The molecule has 0 unspecified atom stereocenters. The van der Waals surface area contributed by atoms with Gasteiger partial charge in [-0.05, 0) is 32.5 Å². The van der Waals surface area contributed by atoms with Crippen LogP contribution in [0.5, 0.6) is 0 Å². The lowest BCUT2D eigenvalue weighted by Gasteiger charge is -2.32. The van der Waals surface area contributed by atoms with Gasteiger partial charge in [-0.25, -0.2) is 5.01 Å². The second kappa shape index (κ2) is 7.43. The van der Waals surface area contributed by atoms with Crippen LogP contribution in [-0.2, 0) is 0 Å². The molecule has 1 amide bonds. The van der Waals surface area contributed by atoms with Crippen LogP contribution in [0, 0.1) is 6.92 Å². The highest BCUT2D eigenvalue weighted by atomic mass is 16.2. The van der Waals surface area contributed by atoms with Crippen LogP contribution in [0.3, 0.4) is 0 Å². The average molecular weight is 290 g/mol. The van der Waals surface area contributed by atoms with Crippen molar-refractivity contribution in [1.29, 1.82) is 0 Å². The van der Waals surface area contributed by atoms with E-state index in [1.807, 2.05) is 30.1 Å². The molecule has 0 aliphatic carbocycles. The van der Waals surface area contributed by atoms with Gasteiger partial charge in [0.15, 0.2) is 0 Å². The molecule has 1 fully saturated rings. The van der Waals surface area contributed by atoms with E-state index >= 15 is 0 Å². The number of likely N-dealkylation sites (N-methyl/N-ethyl adjacent to an activating group) is 1. The maximum atomic E-state index is 12.5. The molecule has 1 aliphatic heterocycles. The van der Waals surface area contributed by atoms with Crippen LogP contribution in [0.25, 0.3) is 0 Å². The first-order valence-electron chi connectivity index (χ1n) is 7.69. The highest BCUT2D eigenvalue weighted by molar-refractivity contribution is 5.99. The zero-order chi connectivity index (χ0) is 15.2. The van der Waals surface area contributed by atoms with Crippen LogP contribution in [0.1, 0.15) is 29.3 Å². The second-order valence-corrected chi connectivity index (χ2v) is 5.71. The minimum atomic E-state index is -0.0261. The number of nitrogens with one attached hydrogen (secondary N) is 2. The Hall–Kier alpha value is -1.59. The van der Waals surface area contributed by atoms with Gasteiger partial charge in [-0.2, -0.15) is 0 Å². The largest absolute Gasteiger partial charge is 0.384 e. The van der Waals surface area contributed by atoms with Gasteiger partial charge < -0.3 is 10.2 Å². The van der Waals surface area contributed by atoms with Gasteiger partial charge in [0.1, 0.15) is 0 Å². The summed E-state index contributed by atoms with van der Waals surface area (Å²) in [4.78, 5) is 14.8. The molecule has 1 aromatic carbocycles. The predicted molar refractivity (Wildman–Crippen MR) is 86.5 cm³/mol. The van der Waals surface area contributed by atoms with E-state index in [0.717, 1.165) is 56.0 Å². The van der Waals surface area contributed by atoms with Gasteiger partial charge in [-0.3, -0.25) is 10.2 Å². The maximum absolute atomic E-state index is 12.5. The maximum Gasteiger partial charge on any atom is 0.267 e. The van der Waals surface area contributed by atoms with Crippen molar-refractivity contribution in [1.82, 2.24) is 15.3 Å². The number of carbonyl (C=O) groups excluding carboxylic acids is 1. The third-order valence-electron chi connectivity index (χ3n) is 3.75. The number of hydrogen-bond acceptors (Lipinski definition) is 4. The van der Waals surface area contributed by atoms with Crippen LogP contribution in [0.15, 0.2) is 18.2 Å². The van der Waals surface area contributed by atoms with E-state index < -0.39 is 0 Å². The van der Waals surface area contributed by atoms with Crippen molar-refractivity contribution in [2.45, 2.75) is 20.3 Å². The molecule has 0 saturated carbocycles. The van der Waals surface area contributed by atoms with Crippen molar-refractivity contribution < 1.29 is 4.79 Å². The fourth-order valence-electron chi connectivity index (χ4n) is 2.38. The van der Waals surface area contributed by atoms with Crippen molar-refractivity contribution in [3.8, 4) is 0 Å². The first kappa shape index (κ1) is 15.8. The standard InChI is InChI=1S/C16H26N4O/c1-4-7-17-15-6-5-13(2)12-14(15)16(21)18-20-10-8-19(3)9-11-20/h5-6,12,17H,4,7-11H2,1-3H3,(H,18,21). The van der Waals surface area contributed by atoms with Gasteiger partial charge in [-0.15, -0.1) is 0 Å². The normalized spacial score (nSPS) is 16.7. The van der Waals surface area contributed by atoms with Crippen LogP contribution in [0.2, 0.25) is 0 Å². The minimum absolute atomic E-state index is 0.0261. The van der Waals surface area contributed by atoms with Crippen LogP contribution in [-0.4, -0.2) is 55.6 Å². The summed E-state index contributed by atoms with van der Waals surface area (Å²) in [5.74, 6) is -0.0261. The highest BCUT2D eigenvalue weighted by Gasteiger charge is 2.18. The first-order chi connectivity index (χ1) is 10.1. The first-order valence-corrected chi connectivity index (χ1v) is 7.69. The zero-order valence-corrected chi connectivity index (χ0v) is 13.3. The topological polar surface area (TPSA) is 47.6 Å². The van der Waals surface area contributed by atoms with Gasteiger partial charge in [-0.1, -0.05) is 18.6 Å². The molecule has 5 heteroatoms. The van der Waals surface area contributed by atoms with E-state index in [1.165, 1.54) is 0 Å². The molecule has 0 bridgehead atoms. The molecular weight excluding hydrogens is 264 g/mol. The third kappa shape index (κ3) is 4.44. The Labute approximate surface area is 127 Å². The molecule has 21 heavy (non-hydrogen) atoms. The van der Waals surface area contributed by atoms with E-state index in [1.54, 1.807) is 0 Å². The molecule has 1 heterocycles. The molecule has 1 aromatic rings. The van der Waals surface area contributed by atoms with Crippen LogP contribution >= 0.6 is 0 Å². The van der Waals surface area contributed by atoms with Crippen molar-refractivity contribution in [3.05, 3.63) is 29.3 Å². The summed E-state index contributed by atoms with van der Waals surface area (Å²) >= 11 is 0. The lowest BCUT2D eigenvalue weighted by molar-refractivity contribution is 0.0663. The Kier molecular flexibility index (Phi) is 5.59. The minimum Gasteiger partial charge on any atom is -0.384 e. The molecule has 5 nitrogen and oxygen atoms in total. The number of hydrogen-bond donors (Lipinski definition) is 2. The highest BCUT2D eigenvalue weighted by Crippen LogP contribution is 2.17. The van der Waals surface area contributed by atoms with Gasteiger partial charge in [0.2, 0.25) is 0 Å². The van der Waals surface area contributed by atoms with E-state index in [0.29, 0.717) is 0 Å². The van der Waals surface area contributed by atoms with Crippen molar-refractivity contribution >= 4 is 11.6 Å². The predicted octanol–water partition coefficient (Wildman–Crippen LogP) is 1.71. The second-order valence-electron chi connectivity index (χ2n) is 5.71. The quantitative estimate of drug-likeness (QED) is 0.867. The molecule has 2 N–H and O–H groups in total. The Morgan fingerprint density at radius 3 is 2.62 bits per heavy atom. The number of rotatable bonds is 5. The molecule has 0 atom stereocenters. The molecule has 1 aliphatic rings. The number of benzene rings is 1. The Bertz CT molecular complexity index is 481.